The molecule has 9 heterocycles. The van der Waals surface area contributed by atoms with Crippen LogP contribution in [0.1, 0.15) is 139 Å². The monoisotopic (exact) mass is 1270 g/mol. The van der Waals surface area contributed by atoms with Gasteiger partial charge in [0.2, 0.25) is 35.4 Å². The largest absolute Gasteiger partial charge is 0.444 e. The van der Waals surface area contributed by atoms with Crippen LogP contribution in [-0.4, -0.2) is 209 Å². The molecule has 0 bridgehead atoms. The van der Waals surface area contributed by atoms with Crippen molar-refractivity contribution < 1.29 is 85.3 Å². The van der Waals surface area contributed by atoms with Gasteiger partial charge in [0.25, 0.3) is 23.6 Å². The zero-order valence-electron chi connectivity index (χ0n) is 51.1. The van der Waals surface area contributed by atoms with Crippen LogP contribution in [-0.2, 0) is 44.8 Å². The summed E-state index contributed by atoms with van der Waals surface area (Å²) in [4.78, 5) is 158. The van der Waals surface area contributed by atoms with E-state index in [2.05, 4.69) is 21.3 Å². The van der Waals surface area contributed by atoms with Gasteiger partial charge in [0.15, 0.2) is 6.23 Å². The number of hydrogen-bond donors (Lipinski definition) is 5. The molecule has 4 atom stereocenters. The molecule has 486 valence electrons. The van der Waals surface area contributed by atoms with Crippen LogP contribution in [0, 0.1) is 17.5 Å². The molecule has 6 saturated heterocycles. The number of imide groups is 4. The van der Waals surface area contributed by atoms with Crippen molar-refractivity contribution in [2.45, 2.75) is 122 Å². The Kier molecular flexibility index (Phi) is 18.2. The fourth-order valence-corrected chi connectivity index (χ4v) is 12.2. The third kappa shape index (κ3) is 13.6. The molecule has 0 aromatic heterocycles. The summed E-state index contributed by atoms with van der Waals surface area (Å²) < 4.78 is 55.2. The summed E-state index contributed by atoms with van der Waals surface area (Å²) in [6.45, 7) is 16.5. The lowest BCUT2D eigenvalue weighted by Gasteiger charge is -2.37. The predicted molar refractivity (Wildman–Crippen MR) is 314 cm³/mol. The first kappa shape index (κ1) is 64.8. The Hall–Kier alpha value is -9.19. The standard InChI is InChI=1S/C22H27FN4O6.C22H25FN4O6.C17H19FN4O3/c2*1-22(2,3)33-21(32)26-8-6-25(7-9-26)16-11-13-12(10-14(16)23)19(30)27(20(13)31)15-4-5-17(28)24-18(15)29;18-12-8-11-10(7-14(12)21-5-3-19-4-6-21)9-22(17(11)25)13-1-2-15(23)20-16(13)24/h10-11,15,20,31H,4-9H2,1-3H3,(H,24,28,29);10-11,15H,4-9H2,1-3H3,(H,24,28,29);7-8,13,19H,1-6,9H2,(H,20,23,24). The fraction of sp³-hybridized carbons (Fsp3) is 0.508. The lowest BCUT2D eigenvalue weighted by molar-refractivity contribution is -0.140. The third-order valence-corrected chi connectivity index (χ3v) is 16.8. The third-order valence-electron chi connectivity index (χ3n) is 16.8. The average molecular weight is 1270 g/mol. The maximum Gasteiger partial charge on any atom is 0.410 e. The number of carbonyl (C=O) groups excluding carboxylic acids is 12. The molecule has 9 aliphatic heterocycles. The van der Waals surface area contributed by atoms with Crippen molar-refractivity contribution in [3.8, 4) is 0 Å². The molecular weight excluding hydrogens is 1200 g/mol. The number of piperidine rings is 3. The number of carbonyl (C=O) groups is 12. The summed E-state index contributed by atoms with van der Waals surface area (Å²) in [6.07, 6.45) is -1.64. The van der Waals surface area contributed by atoms with E-state index in [9.17, 15) is 75.8 Å². The molecule has 6 fully saturated rings. The van der Waals surface area contributed by atoms with E-state index >= 15 is 0 Å². The minimum atomic E-state index is -1.43. The zero-order chi connectivity index (χ0) is 65.7. The minimum absolute atomic E-state index is 0.00531. The molecule has 9 aliphatic rings. The lowest BCUT2D eigenvalue weighted by atomic mass is 10.0. The van der Waals surface area contributed by atoms with E-state index in [1.807, 2.05) is 4.90 Å². The van der Waals surface area contributed by atoms with Crippen molar-refractivity contribution in [2.75, 3.05) is 93.2 Å². The Morgan fingerprint density at radius 2 is 0.890 bits per heavy atom. The number of aliphatic hydroxyl groups excluding tert-OH is 1. The van der Waals surface area contributed by atoms with E-state index < -0.39 is 112 Å². The van der Waals surface area contributed by atoms with Gasteiger partial charge in [0.05, 0.1) is 33.8 Å². The smallest absolute Gasteiger partial charge is 0.410 e. The predicted octanol–water partition coefficient (Wildman–Crippen LogP) is 2.42. The number of nitrogens with zero attached hydrogens (tertiary/aromatic N) is 8. The van der Waals surface area contributed by atoms with Gasteiger partial charge < -0.3 is 49.3 Å². The van der Waals surface area contributed by atoms with Crippen LogP contribution in [0.5, 0.6) is 0 Å². The summed E-state index contributed by atoms with van der Waals surface area (Å²) in [5.74, 6) is -7.26. The fourth-order valence-electron chi connectivity index (χ4n) is 12.2. The number of benzene rings is 3. The van der Waals surface area contributed by atoms with Crippen molar-refractivity contribution in [3.05, 3.63) is 87.2 Å². The Balaban J connectivity index is 0.000000151. The van der Waals surface area contributed by atoms with E-state index in [0.717, 1.165) is 40.6 Å². The van der Waals surface area contributed by atoms with Crippen LogP contribution in [0.15, 0.2) is 36.4 Å². The number of piperazine rings is 3. The first-order valence-electron chi connectivity index (χ1n) is 30.1. The number of fused-ring (bicyclic) bond motifs is 3. The highest BCUT2D eigenvalue weighted by Gasteiger charge is 2.48. The average Bonchev–Trinajstić information content (AvgIpc) is 1.63. The maximum atomic E-state index is 15.0. The summed E-state index contributed by atoms with van der Waals surface area (Å²) in [6, 6.07) is 5.02. The molecule has 91 heavy (non-hydrogen) atoms. The number of rotatable bonds is 6. The highest BCUT2D eigenvalue weighted by Crippen LogP contribution is 2.40. The summed E-state index contributed by atoms with van der Waals surface area (Å²) in [5.41, 5.74) is 0.728. The van der Waals surface area contributed by atoms with Crippen molar-refractivity contribution in [3.63, 3.8) is 0 Å². The minimum Gasteiger partial charge on any atom is -0.444 e. The van der Waals surface area contributed by atoms with Crippen molar-refractivity contribution >= 4 is 88.3 Å². The van der Waals surface area contributed by atoms with Crippen molar-refractivity contribution in [1.29, 1.82) is 0 Å². The van der Waals surface area contributed by atoms with Gasteiger partial charge in [-0.3, -0.25) is 73.7 Å². The van der Waals surface area contributed by atoms with Gasteiger partial charge >= 0.3 is 12.2 Å². The maximum absolute atomic E-state index is 15.0. The molecule has 0 aliphatic carbocycles. The molecular formula is C61H71F3N12O15. The highest BCUT2D eigenvalue weighted by molar-refractivity contribution is 6.24. The molecule has 3 aromatic rings. The molecule has 0 radical (unpaired) electrons. The quantitative estimate of drug-likeness (QED) is 0.221. The van der Waals surface area contributed by atoms with Gasteiger partial charge in [0.1, 0.15) is 46.8 Å². The Morgan fingerprint density at radius 3 is 1.36 bits per heavy atom. The molecule has 30 heteroatoms. The first-order chi connectivity index (χ1) is 43.0. The number of aliphatic hydroxyl groups is 1. The van der Waals surface area contributed by atoms with Gasteiger partial charge in [-0.1, -0.05) is 0 Å². The normalized spacial score (nSPS) is 22.8. The van der Waals surface area contributed by atoms with Gasteiger partial charge in [0, 0.05) is 115 Å². The number of ether oxygens (including phenoxy) is 2. The molecule has 3 aromatic carbocycles. The van der Waals surface area contributed by atoms with Crippen LogP contribution in [0.2, 0.25) is 0 Å². The Labute approximate surface area is 520 Å². The second kappa shape index (κ2) is 25.6. The molecule has 12 amide bonds. The molecule has 4 unspecified atom stereocenters. The van der Waals surface area contributed by atoms with Crippen molar-refractivity contribution in [1.82, 2.24) is 45.8 Å². The molecule has 12 rings (SSSR count). The van der Waals surface area contributed by atoms with E-state index in [-0.39, 0.29) is 84.1 Å². The summed E-state index contributed by atoms with van der Waals surface area (Å²) in [7, 11) is 0. The SMILES string of the molecule is CC(C)(C)OC(=O)N1CCN(c2cc3c(cc2F)C(=O)N(C2CCC(=O)NC2=O)C3=O)CC1.CC(C)(C)OC(=O)N1CCN(c2cc3c(cc2F)C(=O)N(C2CCC(=O)NC2=O)C3O)CC1.O=C1CCC(N2Cc3cc(N4CCNCC4)c(F)cc3C2=O)C(=O)N1. The second-order valence-corrected chi connectivity index (χ2v) is 25.2. The molecule has 0 saturated carbocycles. The number of amides is 12. The Morgan fingerprint density at radius 1 is 0.484 bits per heavy atom. The van der Waals surface area contributed by atoms with Gasteiger partial charge in [-0.2, -0.15) is 0 Å². The Bertz CT molecular complexity index is 3550. The first-order valence-corrected chi connectivity index (χ1v) is 30.1. The molecule has 0 spiro atoms. The van der Waals surface area contributed by atoms with E-state index in [0.29, 0.717) is 83.1 Å². The van der Waals surface area contributed by atoms with Crippen LogP contribution in [0.3, 0.4) is 0 Å². The van der Waals surface area contributed by atoms with Crippen LogP contribution in [0.4, 0.5) is 39.8 Å². The van der Waals surface area contributed by atoms with Gasteiger partial charge in [-0.05, 0) is 103 Å². The van der Waals surface area contributed by atoms with Crippen LogP contribution >= 0.6 is 0 Å². The van der Waals surface area contributed by atoms with E-state index in [4.69, 9.17) is 9.47 Å². The van der Waals surface area contributed by atoms with Crippen LogP contribution in [0.25, 0.3) is 0 Å². The van der Waals surface area contributed by atoms with E-state index in [1.54, 1.807) is 62.3 Å². The van der Waals surface area contributed by atoms with Gasteiger partial charge in [-0.25, -0.2) is 22.8 Å². The van der Waals surface area contributed by atoms with Crippen molar-refractivity contribution in [2.24, 2.45) is 0 Å². The number of anilines is 3. The number of hydrogen-bond acceptors (Lipinski definition) is 19. The molecule has 27 nitrogen and oxygen atoms in total. The summed E-state index contributed by atoms with van der Waals surface area (Å²) >= 11 is 0. The number of halogens is 3. The van der Waals surface area contributed by atoms with E-state index in [1.165, 1.54) is 28.0 Å². The van der Waals surface area contributed by atoms with Gasteiger partial charge in [-0.15, -0.1) is 0 Å². The topological polar surface area (TPSA) is 318 Å². The van der Waals surface area contributed by atoms with Crippen LogP contribution < -0.4 is 36.0 Å². The molecule has 5 N–H and O–H groups in total. The number of nitrogens with one attached hydrogen (secondary N) is 4. The second-order valence-electron chi connectivity index (χ2n) is 25.2. The zero-order valence-corrected chi connectivity index (χ0v) is 51.1. The lowest BCUT2D eigenvalue weighted by Crippen LogP contribution is -2.54. The summed E-state index contributed by atoms with van der Waals surface area (Å²) in [5, 5.41) is 20.6. The highest BCUT2D eigenvalue weighted by atomic mass is 19.1.